The predicted molar refractivity (Wildman–Crippen MR) is 51.5 cm³/mol. The van der Waals surface area contributed by atoms with Crippen molar-refractivity contribution in [1.29, 1.82) is 0 Å². The standard InChI is InChI=1S/C10H8ClN/c1-7-5-10-8(6-9(7)11)3-2-4-12-10/h2-6H,1H3. The van der Waals surface area contributed by atoms with Gasteiger partial charge in [0.05, 0.1) is 5.52 Å². The summed E-state index contributed by atoms with van der Waals surface area (Å²) in [6, 6.07) is 7.86. The van der Waals surface area contributed by atoms with E-state index in [4.69, 9.17) is 11.6 Å². The van der Waals surface area contributed by atoms with Crippen LogP contribution < -0.4 is 0 Å². The van der Waals surface area contributed by atoms with Gasteiger partial charge in [-0.1, -0.05) is 17.7 Å². The summed E-state index contributed by atoms with van der Waals surface area (Å²) in [5.41, 5.74) is 2.07. The van der Waals surface area contributed by atoms with Gasteiger partial charge in [-0.2, -0.15) is 0 Å². The summed E-state index contributed by atoms with van der Waals surface area (Å²) < 4.78 is 0. The van der Waals surface area contributed by atoms with Gasteiger partial charge in [0.2, 0.25) is 0 Å². The molecule has 0 saturated heterocycles. The molecule has 2 heteroatoms. The monoisotopic (exact) mass is 177 g/mol. The van der Waals surface area contributed by atoms with Crippen molar-refractivity contribution in [2.45, 2.75) is 6.92 Å². The van der Waals surface area contributed by atoms with Gasteiger partial charge in [-0.15, -0.1) is 0 Å². The molecule has 0 unspecified atom stereocenters. The molecule has 0 saturated carbocycles. The van der Waals surface area contributed by atoms with Crippen molar-refractivity contribution in [2.75, 3.05) is 0 Å². The SMILES string of the molecule is Cc1cc2ncccc2cc1Cl. The van der Waals surface area contributed by atoms with Gasteiger partial charge in [0.25, 0.3) is 0 Å². The van der Waals surface area contributed by atoms with Gasteiger partial charge in [-0.3, -0.25) is 4.98 Å². The third-order valence-electron chi connectivity index (χ3n) is 1.88. The van der Waals surface area contributed by atoms with E-state index in [2.05, 4.69) is 4.98 Å². The number of aromatic nitrogens is 1. The topological polar surface area (TPSA) is 12.9 Å². The number of benzene rings is 1. The number of halogens is 1. The fourth-order valence-corrected chi connectivity index (χ4v) is 1.37. The van der Waals surface area contributed by atoms with Gasteiger partial charge in [0, 0.05) is 16.6 Å². The normalized spacial score (nSPS) is 10.5. The third kappa shape index (κ3) is 1.16. The highest BCUT2D eigenvalue weighted by Crippen LogP contribution is 2.21. The molecule has 60 valence electrons. The zero-order valence-electron chi connectivity index (χ0n) is 6.71. The lowest BCUT2D eigenvalue weighted by molar-refractivity contribution is 1.39. The van der Waals surface area contributed by atoms with Crippen LogP contribution in [0.1, 0.15) is 5.56 Å². The zero-order valence-corrected chi connectivity index (χ0v) is 7.47. The lowest BCUT2D eigenvalue weighted by Gasteiger charge is -1.99. The molecule has 0 aliphatic rings. The van der Waals surface area contributed by atoms with E-state index in [0.29, 0.717) is 0 Å². The van der Waals surface area contributed by atoms with Crippen LogP contribution in [0.2, 0.25) is 5.02 Å². The van der Waals surface area contributed by atoms with Crippen LogP contribution in [-0.2, 0) is 0 Å². The zero-order chi connectivity index (χ0) is 8.55. The molecule has 0 bridgehead atoms. The lowest BCUT2D eigenvalue weighted by atomic mass is 10.1. The molecular formula is C10H8ClN. The van der Waals surface area contributed by atoms with Crippen molar-refractivity contribution in [3.8, 4) is 0 Å². The van der Waals surface area contributed by atoms with Crippen molar-refractivity contribution in [3.05, 3.63) is 41.0 Å². The summed E-state index contributed by atoms with van der Waals surface area (Å²) in [5.74, 6) is 0. The smallest absolute Gasteiger partial charge is 0.0705 e. The Morgan fingerprint density at radius 1 is 1.33 bits per heavy atom. The fraction of sp³-hybridized carbons (Fsp3) is 0.100. The molecule has 0 aliphatic heterocycles. The second-order valence-electron chi connectivity index (χ2n) is 2.80. The molecule has 2 rings (SSSR count). The van der Waals surface area contributed by atoms with Crippen LogP contribution in [0.3, 0.4) is 0 Å². The van der Waals surface area contributed by atoms with Crippen LogP contribution in [0.15, 0.2) is 30.5 Å². The number of nitrogens with zero attached hydrogens (tertiary/aromatic N) is 1. The Hall–Kier alpha value is -1.08. The molecule has 0 radical (unpaired) electrons. The third-order valence-corrected chi connectivity index (χ3v) is 2.29. The Kier molecular flexibility index (Phi) is 1.74. The highest BCUT2D eigenvalue weighted by Gasteiger charge is 1.98. The molecule has 1 heterocycles. The minimum Gasteiger partial charge on any atom is -0.256 e. The first kappa shape index (κ1) is 7.56. The first-order valence-electron chi connectivity index (χ1n) is 3.78. The molecule has 0 atom stereocenters. The number of aryl methyl sites for hydroxylation is 1. The highest BCUT2D eigenvalue weighted by molar-refractivity contribution is 6.32. The van der Waals surface area contributed by atoms with Crippen LogP contribution in [0, 0.1) is 6.92 Å². The summed E-state index contributed by atoms with van der Waals surface area (Å²) in [4.78, 5) is 4.22. The number of rotatable bonds is 0. The fourth-order valence-electron chi connectivity index (χ4n) is 1.20. The van der Waals surface area contributed by atoms with E-state index >= 15 is 0 Å². The van der Waals surface area contributed by atoms with E-state index in [1.807, 2.05) is 31.2 Å². The van der Waals surface area contributed by atoms with Gasteiger partial charge >= 0.3 is 0 Å². The van der Waals surface area contributed by atoms with E-state index in [1.165, 1.54) is 0 Å². The maximum atomic E-state index is 5.96. The Balaban J connectivity index is 2.84. The molecule has 0 aliphatic carbocycles. The average molecular weight is 178 g/mol. The molecule has 1 nitrogen and oxygen atoms in total. The van der Waals surface area contributed by atoms with Crippen LogP contribution in [0.4, 0.5) is 0 Å². The molecule has 1 aromatic heterocycles. The van der Waals surface area contributed by atoms with E-state index < -0.39 is 0 Å². The predicted octanol–water partition coefficient (Wildman–Crippen LogP) is 3.20. The lowest BCUT2D eigenvalue weighted by Crippen LogP contribution is -1.80. The summed E-state index contributed by atoms with van der Waals surface area (Å²) in [5, 5.41) is 1.89. The minimum atomic E-state index is 0.801. The van der Waals surface area contributed by atoms with E-state index in [0.717, 1.165) is 21.5 Å². The van der Waals surface area contributed by atoms with E-state index in [1.54, 1.807) is 6.20 Å². The van der Waals surface area contributed by atoms with Gasteiger partial charge in [-0.05, 0) is 30.7 Å². The second-order valence-corrected chi connectivity index (χ2v) is 3.20. The number of fused-ring (bicyclic) bond motifs is 1. The van der Waals surface area contributed by atoms with Gasteiger partial charge < -0.3 is 0 Å². The van der Waals surface area contributed by atoms with Crippen LogP contribution >= 0.6 is 11.6 Å². The molecule has 0 amide bonds. The molecule has 0 spiro atoms. The Labute approximate surface area is 76.0 Å². The average Bonchev–Trinajstić information content (AvgIpc) is 2.07. The van der Waals surface area contributed by atoms with E-state index in [9.17, 15) is 0 Å². The van der Waals surface area contributed by atoms with Crippen LogP contribution in [-0.4, -0.2) is 4.98 Å². The Morgan fingerprint density at radius 3 is 3.00 bits per heavy atom. The largest absolute Gasteiger partial charge is 0.256 e. The first-order valence-corrected chi connectivity index (χ1v) is 4.16. The molecule has 0 fully saturated rings. The summed E-state index contributed by atoms with van der Waals surface area (Å²) in [6.07, 6.45) is 1.79. The van der Waals surface area contributed by atoms with Gasteiger partial charge in [0.15, 0.2) is 0 Å². The van der Waals surface area contributed by atoms with Crippen LogP contribution in [0.25, 0.3) is 10.9 Å². The summed E-state index contributed by atoms with van der Waals surface area (Å²) >= 11 is 5.96. The maximum Gasteiger partial charge on any atom is 0.0705 e. The van der Waals surface area contributed by atoms with Crippen molar-refractivity contribution < 1.29 is 0 Å². The molecule has 1 aromatic carbocycles. The maximum absolute atomic E-state index is 5.96. The number of pyridine rings is 1. The van der Waals surface area contributed by atoms with Crippen molar-refractivity contribution in [3.63, 3.8) is 0 Å². The Morgan fingerprint density at radius 2 is 2.17 bits per heavy atom. The molecule has 2 aromatic rings. The van der Waals surface area contributed by atoms with Gasteiger partial charge in [0.1, 0.15) is 0 Å². The summed E-state index contributed by atoms with van der Waals surface area (Å²) in [7, 11) is 0. The van der Waals surface area contributed by atoms with E-state index in [-0.39, 0.29) is 0 Å². The number of hydrogen-bond acceptors (Lipinski definition) is 1. The van der Waals surface area contributed by atoms with Crippen molar-refractivity contribution in [1.82, 2.24) is 4.98 Å². The van der Waals surface area contributed by atoms with Crippen molar-refractivity contribution >= 4 is 22.5 Å². The van der Waals surface area contributed by atoms with Gasteiger partial charge in [-0.25, -0.2) is 0 Å². The number of hydrogen-bond donors (Lipinski definition) is 0. The molecular weight excluding hydrogens is 170 g/mol. The second kappa shape index (κ2) is 2.76. The summed E-state index contributed by atoms with van der Waals surface area (Å²) in [6.45, 7) is 1.98. The Bertz CT molecular complexity index is 383. The molecule has 0 N–H and O–H groups in total. The molecule has 12 heavy (non-hydrogen) atoms. The van der Waals surface area contributed by atoms with Crippen molar-refractivity contribution in [2.24, 2.45) is 0 Å². The highest BCUT2D eigenvalue weighted by atomic mass is 35.5. The van der Waals surface area contributed by atoms with Crippen LogP contribution in [0.5, 0.6) is 0 Å². The minimum absolute atomic E-state index is 0.801. The quantitative estimate of drug-likeness (QED) is 0.602. The first-order chi connectivity index (χ1) is 5.77.